The zero-order chi connectivity index (χ0) is 33.5. The molecular weight excluding hydrogens is 641 g/mol. The quantitative estimate of drug-likeness (QED) is 0.239. The average molecular weight is 677 g/mol. The summed E-state index contributed by atoms with van der Waals surface area (Å²) in [4.78, 5) is 60.7. The van der Waals surface area contributed by atoms with Gasteiger partial charge in [-0.3, -0.25) is 29.1 Å². The molecule has 0 bridgehead atoms. The van der Waals surface area contributed by atoms with Crippen molar-refractivity contribution in [2.24, 2.45) is 5.92 Å². The van der Waals surface area contributed by atoms with Gasteiger partial charge in [-0.2, -0.15) is 0 Å². The summed E-state index contributed by atoms with van der Waals surface area (Å²) in [6.07, 6.45) is 7.84. The minimum atomic E-state index is -0.255. The van der Waals surface area contributed by atoms with Crippen molar-refractivity contribution in [1.82, 2.24) is 40.2 Å². The van der Waals surface area contributed by atoms with Crippen molar-refractivity contribution in [3.8, 4) is 0 Å². The molecule has 2 N–H and O–H groups in total. The Bertz CT molecular complexity index is 1720. The maximum atomic E-state index is 12.6. The molecule has 1 aliphatic rings. The highest BCUT2D eigenvalue weighted by Gasteiger charge is 2.27. The number of pyridine rings is 2. The highest BCUT2D eigenvalue weighted by atomic mass is 32.1. The summed E-state index contributed by atoms with van der Waals surface area (Å²) in [6, 6.07) is 6.67. The molecule has 0 aliphatic heterocycles. The third-order valence-corrected chi connectivity index (χ3v) is 9.50. The first kappa shape index (κ1) is 33.7. The predicted molar refractivity (Wildman–Crippen MR) is 177 cm³/mol. The van der Waals surface area contributed by atoms with Crippen molar-refractivity contribution in [3.63, 3.8) is 0 Å². The fourth-order valence-electron chi connectivity index (χ4n) is 5.27. The van der Waals surface area contributed by atoms with E-state index in [4.69, 9.17) is 0 Å². The van der Waals surface area contributed by atoms with E-state index >= 15 is 0 Å². The molecule has 1 saturated carbocycles. The Balaban J connectivity index is 1.08. The van der Waals surface area contributed by atoms with Gasteiger partial charge in [0.05, 0.1) is 24.0 Å². The molecule has 0 saturated heterocycles. The molecule has 1 aliphatic carbocycles. The molecule has 0 aromatic carbocycles. The molecule has 246 valence electrons. The van der Waals surface area contributed by atoms with Gasteiger partial charge >= 0.3 is 0 Å². The summed E-state index contributed by atoms with van der Waals surface area (Å²) in [7, 11) is 6.69. The lowest BCUT2D eigenvalue weighted by Crippen LogP contribution is -2.22. The van der Waals surface area contributed by atoms with Crippen LogP contribution < -0.4 is 10.6 Å². The summed E-state index contributed by atoms with van der Waals surface area (Å²) < 4.78 is 0. The Morgan fingerprint density at radius 1 is 0.745 bits per heavy atom. The first-order valence-electron chi connectivity index (χ1n) is 15.1. The number of rotatable bonds is 11. The Morgan fingerprint density at radius 2 is 1.30 bits per heavy atom. The number of anilines is 2. The van der Waals surface area contributed by atoms with Crippen LogP contribution in [0.1, 0.15) is 73.7 Å². The second-order valence-electron chi connectivity index (χ2n) is 11.8. The number of hydrogen-bond acceptors (Lipinski definition) is 12. The molecule has 47 heavy (non-hydrogen) atoms. The number of carbonyl (C=O) groups excluding carboxylic acids is 4. The van der Waals surface area contributed by atoms with Crippen molar-refractivity contribution in [1.29, 1.82) is 0 Å². The molecule has 4 aromatic heterocycles. The van der Waals surface area contributed by atoms with E-state index in [2.05, 4.69) is 41.0 Å². The topological polar surface area (TPSA) is 176 Å². The Morgan fingerprint density at radius 3 is 1.83 bits per heavy atom. The van der Waals surface area contributed by atoms with Crippen LogP contribution in [0.25, 0.3) is 0 Å². The van der Waals surface area contributed by atoms with Gasteiger partial charge in [-0.05, 0) is 49.4 Å². The summed E-state index contributed by atoms with van der Waals surface area (Å²) in [5, 5.41) is 25.3. The average Bonchev–Trinajstić information content (AvgIpc) is 3.70. The monoisotopic (exact) mass is 676 g/mol. The molecular formula is C31H36N10O4S2. The maximum absolute atomic E-state index is 12.6. The Labute approximate surface area is 280 Å². The number of nitrogens with zero attached hydrogens (tertiary/aromatic N) is 8. The predicted octanol–water partition coefficient (Wildman–Crippen LogP) is 3.46. The highest BCUT2D eigenvalue weighted by molar-refractivity contribution is 7.15. The van der Waals surface area contributed by atoms with Crippen LogP contribution in [0, 0.1) is 5.92 Å². The van der Waals surface area contributed by atoms with Crippen molar-refractivity contribution in [2.75, 3.05) is 38.8 Å². The standard InChI is InChI=1S/C31H36N10O4S2/c1-40(2)28(44)20-8-10-22(32-16-20)14-24(42)34-30-38-36-26(46-30)13-18-6-5-7-19(12-18)27-37-39-31(47-27)35-25(43)15-23-11-9-21(17-33-23)29(45)41(3)4/h8-11,16-19H,5-7,12-15H2,1-4H3,(H,34,38,42)(H,35,39,43)/t18-,19-/m0/s1. The Kier molecular flexibility index (Phi) is 10.9. The smallest absolute Gasteiger partial charge is 0.254 e. The molecule has 5 rings (SSSR count). The van der Waals surface area contributed by atoms with Crippen LogP contribution in [0.3, 0.4) is 0 Å². The molecule has 14 nitrogen and oxygen atoms in total. The lowest BCUT2D eigenvalue weighted by molar-refractivity contribution is -0.116. The molecule has 0 radical (unpaired) electrons. The number of hydrogen-bond donors (Lipinski definition) is 2. The summed E-state index contributed by atoms with van der Waals surface area (Å²) in [5.74, 6) is -0.185. The van der Waals surface area contributed by atoms with Gasteiger partial charge in [-0.25, -0.2) is 0 Å². The maximum Gasteiger partial charge on any atom is 0.254 e. The third kappa shape index (κ3) is 9.19. The van der Waals surface area contributed by atoms with E-state index in [-0.39, 0.29) is 42.4 Å². The zero-order valence-corrected chi connectivity index (χ0v) is 28.2. The number of aromatic nitrogens is 6. The zero-order valence-electron chi connectivity index (χ0n) is 26.6. The van der Waals surface area contributed by atoms with Crippen molar-refractivity contribution in [3.05, 3.63) is 69.2 Å². The highest BCUT2D eigenvalue weighted by Crippen LogP contribution is 2.39. The summed E-state index contributed by atoms with van der Waals surface area (Å²) in [5.41, 5.74) is 2.03. The van der Waals surface area contributed by atoms with Crippen molar-refractivity contribution < 1.29 is 19.2 Å². The fourth-order valence-corrected chi connectivity index (χ4v) is 7.05. The first-order valence-corrected chi connectivity index (χ1v) is 16.8. The van der Waals surface area contributed by atoms with E-state index in [1.165, 1.54) is 44.9 Å². The van der Waals surface area contributed by atoms with Gasteiger partial charge in [0.15, 0.2) is 0 Å². The van der Waals surface area contributed by atoms with Gasteiger partial charge < -0.3 is 20.4 Å². The van der Waals surface area contributed by atoms with E-state index < -0.39 is 0 Å². The van der Waals surface area contributed by atoms with Crippen LogP contribution in [0.15, 0.2) is 36.7 Å². The van der Waals surface area contributed by atoms with Crippen LogP contribution in [-0.2, 0) is 28.9 Å². The van der Waals surface area contributed by atoms with E-state index in [1.807, 2.05) is 0 Å². The van der Waals surface area contributed by atoms with Crippen LogP contribution in [0.4, 0.5) is 10.3 Å². The van der Waals surface area contributed by atoms with E-state index in [9.17, 15) is 19.2 Å². The van der Waals surface area contributed by atoms with E-state index in [0.29, 0.717) is 38.7 Å². The lowest BCUT2D eigenvalue weighted by atomic mass is 9.80. The number of amides is 4. The fraction of sp³-hybridized carbons (Fsp3) is 0.419. The van der Waals surface area contributed by atoms with Gasteiger partial charge in [-0.15, -0.1) is 20.4 Å². The second kappa shape index (κ2) is 15.3. The number of carbonyl (C=O) groups is 4. The Hall–Kier alpha value is -4.70. The largest absolute Gasteiger partial charge is 0.345 e. The lowest BCUT2D eigenvalue weighted by Gasteiger charge is -2.26. The van der Waals surface area contributed by atoms with Crippen LogP contribution >= 0.6 is 22.7 Å². The number of nitrogens with one attached hydrogen (secondary N) is 2. The SMILES string of the molecule is CN(C)C(=O)c1ccc(CC(=O)Nc2nnc(C[C@H]3CCC[C@H](c4nnc(NC(=O)Cc5ccc(C(=O)N(C)C)cn5)s4)C3)s2)nc1. The van der Waals surface area contributed by atoms with Gasteiger partial charge in [0.25, 0.3) is 11.8 Å². The van der Waals surface area contributed by atoms with Gasteiger partial charge in [0.2, 0.25) is 22.1 Å². The van der Waals surface area contributed by atoms with Crippen LogP contribution in [0.2, 0.25) is 0 Å². The normalized spacial score (nSPS) is 15.9. The van der Waals surface area contributed by atoms with Crippen molar-refractivity contribution >= 4 is 56.6 Å². The van der Waals surface area contributed by atoms with Gasteiger partial charge in [-0.1, -0.05) is 29.1 Å². The molecule has 4 aromatic rings. The van der Waals surface area contributed by atoms with Gasteiger partial charge in [0.1, 0.15) is 10.0 Å². The van der Waals surface area contributed by atoms with Gasteiger partial charge in [0, 0.05) is 64.3 Å². The summed E-state index contributed by atoms with van der Waals surface area (Å²) >= 11 is 2.75. The molecule has 1 fully saturated rings. The molecule has 16 heteroatoms. The second-order valence-corrected chi connectivity index (χ2v) is 13.9. The third-order valence-electron chi connectivity index (χ3n) is 7.63. The van der Waals surface area contributed by atoms with E-state index in [1.54, 1.807) is 52.5 Å². The van der Waals surface area contributed by atoms with Crippen molar-refractivity contribution in [2.45, 2.75) is 50.9 Å². The first-order chi connectivity index (χ1) is 22.5. The van der Waals surface area contributed by atoms with E-state index in [0.717, 1.165) is 42.1 Å². The van der Waals surface area contributed by atoms with Crippen LogP contribution in [0.5, 0.6) is 0 Å². The minimum Gasteiger partial charge on any atom is -0.345 e. The van der Waals surface area contributed by atoms with Crippen LogP contribution in [-0.4, -0.2) is 92.0 Å². The molecule has 4 amide bonds. The molecule has 0 unspecified atom stereocenters. The minimum absolute atomic E-state index is 0.0587. The molecule has 2 atom stereocenters. The molecule has 0 spiro atoms. The summed E-state index contributed by atoms with van der Waals surface area (Å²) in [6.45, 7) is 0. The molecule has 4 heterocycles.